The molecule has 0 saturated carbocycles. The van der Waals surface area contributed by atoms with Crippen molar-refractivity contribution in [3.63, 3.8) is 0 Å². The van der Waals surface area contributed by atoms with Gasteiger partial charge in [-0.3, -0.25) is 4.79 Å². The summed E-state index contributed by atoms with van der Waals surface area (Å²) >= 11 is 0. The van der Waals surface area contributed by atoms with Crippen molar-refractivity contribution in [2.45, 2.75) is 12.5 Å². The Morgan fingerprint density at radius 2 is 2.12 bits per heavy atom. The SMILES string of the molecule is COC(=O)[C@@H](N)Cc1ccc(OC)c(O)c1.Cl. The molecule has 0 aliphatic carbocycles. The second-order valence-electron chi connectivity index (χ2n) is 3.34. The van der Waals surface area contributed by atoms with Gasteiger partial charge in [0, 0.05) is 0 Å². The van der Waals surface area contributed by atoms with Crippen LogP contribution >= 0.6 is 12.4 Å². The standard InChI is InChI=1S/C11H15NO4.ClH/c1-15-10-4-3-7(6-9(10)13)5-8(12)11(14)16-2;/h3-4,6,8,13H,5,12H2,1-2H3;1H/t8-;/m0./s1. The van der Waals surface area contributed by atoms with Crippen molar-refractivity contribution in [2.24, 2.45) is 5.73 Å². The number of phenolic OH excluding ortho intramolecular Hbond substituents is 1. The lowest BCUT2D eigenvalue weighted by atomic mass is 10.1. The molecule has 1 atom stereocenters. The van der Waals surface area contributed by atoms with Crippen LogP contribution in [0.5, 0.6) is 11.5 Å². The molecule has 0 heterocycles. The number of nitrogens with two attached hydrogens (primary N) is 1. The minimum Gasteiger partial charge on any atom is -0.504 e. The summed E-state index contributed by atoms with van der Waals surface area (Å²) in [7, 11) is 2.75. The number of hydrogen-bond donors (Lipinski definition) is 2. The zero-order valence-corrected chi connectivity index (χ0v) is 10.5. The molecule has 0 spiro atoms. The van der Waals surface area contributed by atoms with Crippen LogP contribution in [-0.2, 0) is 16.0 Å². The van der Waals surface area contributed by atoms with E-state index in [1.54, 1.807) is 12.1 Å². The van der Waals surface area contributed by atoms with Gasteiger partial charge in [-0.2, -0.15) is 0 Å². The summed E-state index contributed by atoms with van der Waals surface area (Å²) in [6, 6.07) is 4.15. The van der Waals surface area contributed by atoms with Crippen LogP contribution in [0.1, 0.15) is 5.56 Å². The molecule has 17 heavy (non-hydrogen) atoms. The molecule has 6 heteroatoms. The van der Waals surface area contributed by atoms with Crippen LogP contribution in [0.2, 0.25) is 0 Å². The Balaban J connectivity index is 0.00000256. The van der Waals surface area contributed by atoms with Gasteiger partial charge in [0.1, 0.15) is 6.04 Å². The molecule has 1 aromatic rings. The summed E-state index contributed by atoms with van der Waals surface area (Å²) in [4.78, 5) is 11.1. The van der Waals surface area contributed by atoms with Crippen LogP contribution in [0.15, 0.2) is 18.2 Å². The van der Waals surface area contributed by atoms with Crippen LogP contribution in [0, 0.1) is 0 Å². The summed E-state index contributed by atoms with van der Waals surface area (Å²) in [5, 5.41) is 9.52. The number of carbonyl (C=O) groups excluding carboxylic acids is 1. The van der Waals surface area contributed by atoms with Crippen LogP contribution in [0.3, 0.4) is 0 Å². The van der Waals surface area contributed by atoms with Gasteiger partial charge in [0.15, 0.2) is 11.5 Å². The van der Waals surface area contributed by atoms with Crippen molar-refractivity contribution in [1.29, 1.82) is 0 Å². The van der Waals surface area contributed by atoms with Gasteiger partial charge in [0.2, 0.25) is 0 Å². The van der Waals surface area contributed by atoms with E-state index < -0.39 is 12.0 Å². The van der Waals surface area contributed by atoms with E-state index in [0.717, 1.165) is 5.56 Å². The minimum absolute atomic E-state index is 0. The first kappa shape index (κ1) is 15.5. The largest absolute Gasteiger partial charge is 0.504 e. The first-order valence-electron chi connectivity index (χ1n) is 4.77. The second kappa shape index (κ2) is 6.98. The Labute approximate surface area is 106 Å². The quantitative estimate of drug-likeness (QED) is 0.786. The number of benzene rings is 1. The summed E-state index contributed by atoms with van der Waals surface area (Å²) in [6.07, 6.45) is 0.310. The van der Waals surface area contributed by atoms with Crippen molar-refractivity contribution < 1.29 is 19.4 Å². The average molecular weight is 262 g/mol. The lowest BCUT2D eigenvalue weighted by molar-refractivity contribution is -0.142. The Morgan fingerprint density at radius 1 is 1.47 bits per heavy atom. The number of rotatable bonds is 4. The van der Waals surface area contributed by atoms with Crippen LogP contribution in [-0.4, -0.2) is 31.3 Å². The van der Waals surface area contributed by atoms with E-state index in [9.17, 15) is 9.90 Å². The van der Waals surface area contributed by atoms with Crippen molar-refractivity contribution in [3.05, 3.63) is 23.8 Å². The highest BCUT2D eigenvalue weighted by atomic mass is 35.5. The summed E-state index contributed by atoms with van der Waals surface area (Å²) < 4.78 is 9.41. The summed E-state index contributed by atoms with van der Waals surface area (Å²) in [6.45, 7) is 0. The van der Waals surface area contributed by atoms with Gasteiger partial charge < -0.3 is 20.3 Å². The number of carbonyl (C=O) groups is 1. The lowest BCUT2D eigenvalue weighted by Crippen LogP contribution is -2.33. The highest BCUT2D eigenvalue weighted by molar-refractivity contribution is 5.85. The van der Waals surface area contributed by atoms with E-state index in [0.29, 0.717) is 12.2 Å². The minimum atomic E-state index is -0.724. The average Bonchev–Trinajstić information content (AvgIpc) is 2.28. The molecule has 0 saturated heterocycles. The molecular formula is C11H16ClNO4. The third-order valence-electron chi connectivity index (χ3n) is 2.20. The molecule has 0 aromatic heterocycles. The molecule has 0 radical (unpaired) electrons. The number of aromatic hydroxyl groups is 1. The molecule has 0 aliphatic rings. The molecule has 0 aliphatic heterocycles. The third kappa shape index (κ3) is 4.13. The summed E-state index contributed by atoms with van der Waals surface area (Å²) in [5.74, 6) is -0.0669. The molecule has 1 rings (SSSR count). The molecule has 0 amide bonds. The molecule has 96 valence electrons. The van der Waals surface area contributed by atoms with Gasteiger partial charge in [-0.1, -0.05) is 6.07 Å². The molecule has 0 bridgehead atoms. The predicted molar refractivity (Wildman–Crippen MR) is 65.6 cm³/mol. The van der Waals surface area contributed by atoms with Gasteiger partial charge in [-0.05, 0) is 24.1 Å². The highest BCUT2D eigenvalue weighted by Crippen LogP contribution is 2.26. The zero-order chi connectivity index (χ0) is 12.1. The van der Waals surface area contributed by atoms with E-state index in [1.165, 1.54) is 20.3 Å². The highest BCUT2D eigenvalue weighted by Gasteiger charge is 2.15. The van der Waals surface area contributed by atoms with E-state index in [1.807, 2.05) is 0 Å². The van der Waals surface area contributed by atoms with E-state index in [4.69, 9.17) is 10.5 Å². The maximum Gasteiger partial charge on any atom is 0.322 e. The number of phenols is 1. The van der Waals surface area contributed by atoms with Gasteiger partial charge in [-0.15, -0.1) is 12.4 Å². The van der Waals surface area contributed by atoms with Gasteiger partial charge in [0.25, 0.3) is 0 Å². The number of methoxy groups -OCH3 is 2. The first-order chi connectivity index (χ1) is 7.58. The third-order valence-corrected chi connectivity index (χ3v) is 2.20. The van der Waals surface area contributed by atoms with Crippen LogP contribution < -0.4 is 10.5 Å². The Morgan fingerprint density at radius 3 is 2.59 bits per heavy atom. The van der Waals surface area contributed by atoms with Crippen molar-refractivity contribution >= 4 is 18.4 Å². The monoisotopic (exact) mass is 261 g/mol. The maximum absolute atomic E-state index is 11.1. The molecule has 0 fully saturated rings. The normalized spacial score (nSPS) is 11.2. The van der Waals surface area contributed by atoms with Crippen LogP contribution in [0.4, 0.5) is 0 Å². The van der Waals surface area contributed by atoms with Crippen molar-refractivity contribution in [3.8, 4) is 11.5 Å². The maximum atomic E-state index is 11.1. The van der Waals surface area contributed by atoms with E-state index >= 15 is 0 Å². The molecule has 1 aromatic carbocycles. The van der Waals surface area contributed by atoms with Gasteiger partial charge >= 0.3 is 5.97 Å². The topological polar surface area (TPSA) is 81.8 Å². The lowest BCUT2D eigenvalue weighted by Gasteiger charge is -2.10. The first-order valence-corrected chi connectivity index (χ1v) is 4.77. The fourth-order valence-corrected chi connectivity index (χ4v) is 1.35. The van der Waals surface area contributed by atoms with Crippen molar-refractivity contribution in [2.75, 3.05) is 14.2 Å². The van der Waals surface area contributed by atoms with Crippen LogP contribution in [0.25, 0.3) is 0 Å². The number of ether oxygens (including phenoxy) is 2. The predicted octanol–water partition coefficient (Wildman–Crippen LogP) is 0.865. The Hall–Kier alpha value is -1.46. The number of halogens is 1. The fraction of sp³-hybridized carbons (Fsp3) is 0.364. The number of hydrogen-bond acceptors (Lipinski definition) is 5. The van der Waals surface area contributed by atoms with E-state index in [-0.39, 0.29) is 18.2 Å². The van der Waals surface area contributed by atoms with Crippen molar-refractivity contribution in [1.82, 2.24) is 0 Å². The fourth-order valence-electron chi connectivity index (χ4n) is 1.35. The summed E-state index contributed by atoms with van der Waals surface area (Å²) in [5.41, 5.74) is 6.34. The van der Waals surface area contributed by atoms with E-state index in [2.05, 4.69) is 4.74 Å². The molecule has 3 N–H and O–H groups in total. The Bertz CT molecular complexity index is 384. The molecule has 5 nitrogen and oxygen atoms in total. The van der Waals surface area contributed by atoms with Gasteiger partial charge in [-0.25, -0.2) is 0 Å². The Kier molecular flexibility index (Phi) is 6.38. The second-order valence-corrected chi connectivity index (χ2v) is 3.34. The smallest absolute Gasteiger partial charge is 0.322 e. The molecular weight excluding hydrogens is 246 g/mol. The molecule has 0 unspecified atom stereocenters. The zero-order valence-electron chi connectivity index (χ0n) is 9.67. The number of esters is 1. The van der Waals surface area contributed by atoms with Gasteiger partial charge in [0.05, 0.1) is 14.2 Å².